The molecule has 8 heteroatoms. The Bertz CT molecular complexity index is 1220. The third kappa shape index (κ3) is 1.92. The normalized spacial score (nSPS) is 11.5. The number of aromatic nitrogens is 4. The van der Waals surface area contributed by atoms with Crippen molar-refractivity contribution < 1.29 is 9.90 Å². The van der Waals surface area contributed by atoms with Crippen molar-refractivity contribution in [3.05, 3.63) is 47.2 Å². The zero-order valence-electron chi connectivity index (χ0n) is 14.6. The van der Waals surface area contributed by atoms with Crippen molar-refractivity contribution in [1.82, 2.24) is 19.0 Å². The van der Waals surface area contributed by atoms with E-state index in [1.54, 1.807) is 36.0 Å². The van der Waals surface area contributed by atoms with Crippen LogP contribution in [0.2, 0.25) is 0 Å². The monoisotopic (exact) mass is 350 g/mol. The zero-order valence-corrected chi connectivity index (χ0v) is 14.6. The predicted octanol–water partition coefficient (Wildman–Crippen LogP) is 1.96. The average Bonchev–Trinajstić information content (AvgIpc) is 3.15. The van der Waals surface area contributed by atoms with E-state index in [-0.39, 0.29) is 17.1 Å². The van der Waals surface area contributed by atoms with Crippen molar-refractivity contribution in [3.8, 4) is 16.9 Å². The summed E-state index contributed by atoms with van der Waals surface area (Å²) in [5.41, 5.74) is 17.4. The lowest BCUT2D eigenvalue weighted by atomic mass is 9.94. The number of primary amides is 1. The van der Waals surface area contributed by atoms with Gasteiger partial charge in [-0.25, -0.2) is 0 Å². The molecule has 1 amide bonds. The predicted molar refractivity (Wildman–Crippen MR) is 98.2 cm³/mol. The molecule has 0 aliphatic rings. The smallest absolute Gasteiger partial charge is 0.267 e. The van der Waals surface area contributed by atoms with Gasteiger partial charge in [0, 0.05) is 17.5 Å². The molecule has 0 spiro atoms. The maximum absolute atomic E-state index is 12.1. The van der Waals surface area contributed by atoms with E-state index in [2.05, 4.69) is 10.2 Å². The van der Waals surface area contributed by atoms with Crippen LogP contribution in [0, 0.1) is 20.8 Å². The van der Waals surface area contributed by atoms with Gasteiger partial charge < -0.3 is 21.0 Å². The Morgan fingerprint density at radius 1 is 1.15 bits per heavy atom. The fourth-order valence-electron chi connectivity index (χ4n) is 3.59. The van der Waals surface area contributed by atoms with Crippen molar-refractivity contribution in [2.24, 2.45) is 5.73 Å². The van der Waals surface area contributed by atoms with E-state index in [1.165, 1.54) is 0 Å². The van der Waals surface area contributed by atoms with Crippen molar-refractivity contribution in [1.29, 1.82) is 0 Å². The number of nitrogens with two attached hydrogens (primary N) is 2. The van der Waals surface area contributed by atoms with E-state index in [4.69, 9.17) is 11.5 Å². The fourth-order valence-corrected chi connectivity index (χ4v) is 3.59. The molecule has 3 heterocycles. The lowest BCUT2D eigenvalue weighted by Gasteiger charge is -2.12. The number of nitrogens with zero attached hydrogens (tertiary/aromatic N) is 4. The van der Waals surface area contributed by atoms with E-state index in [1.807, 2.05) is 18.2 Å². The summed E-state index contributed by atoms with van der Waals surface area (Å²) in [6.07, 6.45) is 3.38. The van der Waals surface area contributed by atoms with Crippen LogP contribution in [0.15, 0.2) is 24.7 Å². The van der Waals surface area contributed by atoms with Crippen LogP contribution in [-0.2, 0) is 0 Å². The molecule has 26 heavy (non-hydrogen) atoms. The summed E-state index contributed by atoms with van der Waals surface area (Å²) in [7, 11) is 0. The van der Waals surface area contributed by atoms with Crippen LogP contribution in [0.1, 0.15) is 27.3 Å². The second kappa shape index (κ2) is 5.22. The molecule has 8 nitrogen and oxygen atoms in total. The summed E-state index contributed by atoms with van der Waals surface area (Å²) >= 11 is 0. The Morgan fingerprint density at radius 3 is 2.58 bits per heavy atom. The van der Waals surface area contributed by atoms with Gasteiger partial charge in [0.05, 0.1) is 5.69 Å². The van der Waals surface area contributed by atoms with Gasteiger partial charge in [-0.15, -0.1) is 10.2 Å². The van der Waals surface area contributed by atoms with Crippen LogP contribution in [0.3, 0.4) is 0 Å². The second-order valence-corrected chi connectivity index (χ2v) is 6.42. The molecular weight excluding hydrogens is 332 g/mol. The Kier molecular flexibility index (Phi) is 3.20. The van der Waals surface area contributed by atoms with E-state index >= 15 is 0 Å². The third-order valence-corrected chi connectivity index (χ3v) is 4.83. The van der Waals surface area contributed by atoms with Crippen LogP contribution in [-0.4, -0.2) is 30.0 Å². The van der Waals surface area contributed by atoms with Gasteiger partial charge in [-0.1, -0.05) is 6.07 Å². The summed E-state index contributed by atoms with van der Waals surface area (Å²) < 4.78 is 3.48. The standard InChI is InChI=1S/C18H18N6O2/c1-8-4-5-11(25)10(3)12(8)13-14(19)16(17(20)26)23-6-9(2)24-7-21-22-18(24)15(13)23/h4-7,25H,19H2,1-3H3,(H2,20,26). The number of phenols is 1. The molecule has 0 radical (unpaired) electrons. The van der Waals surface area contributed by atoms with Gasteiger partial charge in [-0.3, -0.25) is 9.20 Å². The molecule has 4 aromatic rings. The average molecular weight is 350 g/mol. The number of benzene rings is 1. The second-order valence-electron chi connectivity index (χ2n) is 6.42. The minimum Gasteiger partial charge on any atom is -0.508 e. The SMILES string of the molecule is Cc1ccc(O)c(C)c1-c1c(N)c(C(N)=O)n2cc(C)n3cnnc3c12. The molecule has 5 N–H and O–H groups in total. The molecule has 132 valence electrons. The van der Waals surface area contributed by atoms with Gasteiger partial charge in [0.25, 0.3) is 5.91 Å². The van der Waals surface area contributed by atoms with Crippen molar-refractivity contribution in [2.45, 2.75) is 20.8 Å². The van der Waals surface area contributed by atoms with E-state index in [9.17, 15) is 9.90 Å². The molecule has 0 atom stereocenters. The molecule has 0 fully saturated rings. The van der Waals surface area contributed by atoms with Crippen molar-refractivity contribution in [2.75, 3.05) is 5.73 Å². The number of hydrogen-bond donors (Lipinski definition) is 3. The number of nitrogen functional groups attached to an aromatic ring is 1. The van der Waals surface area contributed by atoms with Gasteiger partial charge in [-0.05, 0) is 43.5 Å². The minimum absolute atomic E-state index is 0.148. The molecule has 1 aromatic carbocycles. The Labute approximate surface area is 148 Å². The minimum atomic E-state index is -0.637. The Hall–Kier alpha value is -3.55. The van der Waals surface area contributed by atoms with Crippen molar-refractivity contribution in [3.63, 3.8) is 0 Å². The Morgan fingerprint density at radius 2 is 1.88 bits per heavy atom. The van der Waals surface area contributed by atoms with Crippen LogP contribution >= 0.6 is 0 Å². The summed E-state index contributed by atoms with van der Waals surface area (Å²) in [5, 5.41) is 18.4. The Balaban J connectivity index is 2.31. The highest BCUT2D eigenvalue weighted by Gasteiger charge is 2.26. The molecule has 0 saturated carbocycles. The van der Waals surface area contributed by atoms with E-state index < -0.39 is 5.91 Å². The molecule has 0 bridgehead atoms. The highest BCUT2D eigenvalue weighted by molar-refractivity contribution is 6.09. The first-order valence-electron chi connectivity index (χ1n) is 8.05. The third-order valence-electron chi connectivity index (χ3n) is 4.83. The number of phenolic OH excluding ortho intramolecular Hbond substituents is 1. The largest absolute Gasteiger partial charge is 0.508 e. The number of aryl methyl sites for hydroxylation is 2. The number of fused-ring (bicyclic) bond motifs is 3. The van der Waals surface area contributed by atoms with E-state index in [0.29, 0.717) is 22.3 Å². The lowest BCUT2D eigenvalue weighted by molar-refractivity contribution is 0.0995. The zero-order chi connectivity index (χ0) is 18.7. The summed E-state index contributed by atoms with van der Waals surface area (Å²) in [5.74, 6) is -0.489. The molecule has 0 aliphatic heterocycles. The van der Waals surface area contributed by atoms with Crippen LogP contribution in [0.25, 0.3) is 22.3 Å². The van der Waals surface area contributed by atoms with Crippen molar-refractivity contribution >= 4 is 22.8 Å². The molecule has 0 unspecified atom stereocenters. The number of anilines is 1. The molecule has 3 aromatic heterocycles. The summed E-state index contributed by atoms with van der Waals surface area (Å²) in [4.78, 5) is 12.1. The number of rotatable bonds is 2. The highest BCUT2D eigenvalue weighted by Crippen LogP contribution is 2.42. The van der Waals surface area contributed by atoms with Gasteiger partial charge in [0.2, 0.25) is 0 Å². The highest BCUT2D eigenvalue weighted by atomic mass is 16.3. The summed E-state index contributed by atoms with van der Waals surface area (Å²) in [6.45, 7) is 5.60. The first-order valence-corrected chi connectivity index (χ1v) is 8.05. The van der Waals surface area contributed by atoms with Crippen LogP contribution in [0.5, 0.6) is 5.75 Å². The van der Waals surface area contributed by atoms with Gasteiger partial charge in [0.1, 0.15) is 23.3 Å². The lowest BCUT2D eigenvalue weighted by Crippen LogP contribution is -2.16. The first-order chi connectivity index (χ1) is 12.3. The number of amides is 1. The number of hydrogen-bond acceptors (Lipinski definition) is 5. The molecule has 4 rings (SSSR count). The van der Waals surface area contributed by atoms with Crippen LogP contribution < -0.4 is 11.5 Å². The quantitative estimate of drug-likeness (QED) is 0.510. The van der Waals surface area contributed by atoms with Gasteiger partial charge >= 0.3 is 0 Å². The maximum Gasteiger partial charge on any atom is 0.267 e. The molecule has 0 aliphatic carbocycles. The number of carbonyl (C=O) groups is 1. The van der Waals surface area contributed by atoms with Crippen LogP contribution in [0.4, 0.5) is 5.69 Å². The molecule has 0 saturated heterocycles. The number of carbonyl (C=O) groups excluding carboxylic acids is 1. The first kappa shape index (κ1) is 15.9. The van der Waals surface area contributed by atoms with Gasteiger partial charge in [-0.2, -0.15) is 0 Å². The number of aromatic hydroxyl groups is 1. The topological polar surface area (TPSA) is 124 Å². The summed E-state index contributed by atoms with van der Waals surface area (Å²) in [6, 6.07) is 3.44. The maximum atomic E-state index is 12.1. The fraction of sp³-hybridized carbons (Fsp3) is 0.167. The van der Waals surface area contributed by atoms with Gasteiger partial charge in [0.15, 0.2) is 5.65 Å². The van der Waals surface area contributed by atoms with E-state index in [0.717, 1.165) is 16.8 Å². The molecular formula is C18H18N6O2.